The average Bonchev–Trinajstić information content (AvgIpc) is 1.65. The second-order valence-electron chi connectivity index (χ2n) is 1.04. The van der Waals surface area contributed by atoms with Crippen molar-refractivity contribution in [3.05, 3.63) is 6.92 Å². The van der Waals surface area contributed by atoms with Crippen molar-refractivity contribution in [2.75, 3.05) is 7.05 Å². The molecule has 0 spiro atoms. The Morgan fingerprint density at radius 2 is 1.80 bits per heavy atom. The Kier molecular flexibility index (Phi) is 32.8. The van der Waals surface area contributed by atoms with Crippen molar-refractivity contribution >= 4 is 23.6 Å². The first-order chi connectivity index (χ1) is 3.18. The maximum Gasteiger partial charge on any atom is 0 e. The molecule has 0 aliphatic heterocycles. The van der Waals surface area contributed by atoms with Crippen LogP contribution >= 0.6 is 12.2 Å². The van der Waals surface area contributed by atoms with E-state index >= 15 is 0 Å². The number of amides is 1. The zero-order chi connectivity index (χ0) is 5.86. The van der Waals surface area contributed by atoms with Gasteiger partial charge in [0, 0.05) is 98.1 Å². The van der Waals surface area contributed by atoms with Gasteiger partial charge in [0.25, 0.3) is 0 Å². The summed E-state index contributed by atoms with van der Waals surface area (Å²) >= 11 is 4.27. The molecule has 0 bridgehead atoms. The van der Waals surface area contributed by atoms with Crippen LogP contribution in [0.3, 0.4) is 0 Å². The summed E-state index contributed by atoms with van der Waals surface area (Å²) in [7, 11) is 1.50. The summed E-state index contributed by atoms with van der Waals surface area (Å²) in [6.07, 6.45) is 0. The van der Waals surface area contributed by atoms with Gasteiger partial charge in [0.2, 0.25) is 0 Å². The predicted octanol–water partition coefficient (Wildman–Crippen LogP) is 0.106. The van der Waals surface area contributed by atoms with Crippen LogP contribution in [0.25, 0.3) is 0 Å². The summed E-state index contributed by atoms with van der Waals surface area (Å²) in [6, 6.07) is 0. The van der Waals surface area contributed by atoms with Crippen molar-refractivity contribution in [1.29, 1.82) is 0 Å². The summed E-state index contributed by atoms with van der Waals surface area (Å²) < 4.78 is 0. The van der Waals surface area contributed by atoms with Gasteiger partial charge in [0.15, 0.2) is 0 Å². The molecule has 0 unspecified atom stereocenters. The molecule has 0 aromatic heterocycles. The van der Waals surface area contributed by atoms with Gasteiger partial charge in [-0.2, -0.15) is 0 Å². The van der Waals surface area contributed by atoms with E-state index in [1.165, 1.54) is 7.05 Å². The van der Waals surface area contributed by atoms with Gasteiger partial charge < -0.3 is 16.6 Å². The van der Waals surface area contributed by atoms with Crippen molar-refractivity contribution < 1.29 is 103 Å². The number of hydrogen-bond acceptors (Lipinski definition) is 2. The van der Waals surface area contributed by atoms with Crippen molar-refractivity contribution in [3.63, 3.8) is 0 Å². The molecule has 10 heavy (non-hydrogen) atoms. The molecule has 0 aliphatic carbocycles. The zero-order valence-electron chi connectivity index (χ0n) is 5.70. The second-order valence-corrected chi connectivity index (χ2v) is 1.23. The standard InChI is InChI=1S/C4H5NOS.3Y/c1-4(6)5(2)3-7;;;/h1H2,2H3;;;/q-2;;;. The Hall–Kier alpha value is 2.74. The van der Waals surface area contributed by atoms with Gasteiger partial charge >= 0.3 is 0 Å². The topological polar surface area (TPSA) is 20.3 Å². The van der Waals surface area contributed by atoms with Crippen LogP contribution in [0.4, 0.5) is 0 Å². The third-order valence-corrected chi connectivity index (χ3v) is 0.785. The Bertz CT molecular complexity index is 101. The van der Waals surface area contributed by atoms with Crippen molar-refractivity contribution in [2.24, 2.45) is 0 Å². The molecule has 49 valence electrons. The van der Waals surface area contributed by atoms with Crippen LogP contribution in [-0.4, -0.2) is 23.3 Å². The van der Waals surface area contributed by atoms with Crippen LogP contribution < -0.4 is 0 Å². The average molecular weight is 382 g/mol. The number of carbonyl (C=O) groups excluding carboxylic acids is 1. The fourth-order valence-electron chi connectivity index (χ4n) is 0.0509. The van der Waals surface area contributed by atoms with E-state index < -0.39 is 0 Å². The van der Waals surface area contributed by atoms with Gasteiger partial charge in [-0.05, 0) is 7.05 Å². The molecule has 1 amide bonds. The minimum Gasteiger partial charge on any atom is -0.500 e. The van der Waals surface area contributed by atoms with E-state index in [1.807, 2.05) is 0 Å². The molecule has 0 aromatic carbocycles. The van der Waals surface area contributed by atoms with Crippen LogP contribution in [0.2, 0.25) is 0 Å². The van der Waals surface area contributed by atoms with Gasteiger partial charge in [0.05, 0.1) is 0 Å². The van der Waals surface area contributed by atoms with Gasteiger partial charge in [-0.15, -0.1) is 0 Å². The van der Waals surface area contributed by atoms with E-state index in [1.54, 1.807) is 0 Å². The number of carbonyl (C=O) groups is 1. The summed E-state index contributed by atoms with van der Waals surface area (Å²) in [5, 5.41) is 0. The summed E-state index contributed by atoms with van der Waals surface area (Å²) in [5.41, 5.74) is 2.17. The maximum absolute atomic E-state index is 10.1. The van der Waals surface area contributed by atoms with Crippen molar-refractivity contribution in [3.8, 4) is 0 Å². The van der Waals surface area contributed by atoms with Gasteiger partial charge in [-0.1, -0.05) is 11.4 Å². The summed E-state index contributed by atoms with van der Waals surface area (Å²) in [5.74, 6) is -0.338. The Balaban J connectivity index is -0.0000000600. The van der Waals surface area contributed by atoms with Crippen LogP contribution in [0.1, 0.15) is 0 Å². The molecule has 0 atom stereocenters. The molecule has 3 radical (unpaired) electrons. The third-order valence-electron chi connectivity index (χ3n) is 0.511. The fourth-order valence-corrected chi connectivity index (χ4v) is 0.153. The smallest absolute Gasteiger partial charge is 0 e. The fraction of sp³-hybridized carbons (Fsp3) is 0.250. The molecule has 0 fully saturated rings. The normalized spacial score (nSPS) is 5.30. The molecule has 2 nitrogen and oxygen atoms in total. The van der Waals surface area contributed by atoms with E-state index in [0.717, 1.165) is 4.90 Å². The van der Waals surface area contributed by atoms with E-state index in [-0.39, 0.29) is 104 Å². The number of nitrogens with zero attached hydrogens (tertiary/aromatic N) is 1. The quantitative estimate of drug-likeness (QED) is 0.365. The number of rotatable bonds is 1. The van der Waals surface area contributed by atoms with Crippen LogP contribution in [0, 0.1) is 6.92 Å². The van der Waals surface area contributed by atoms with E-state index in [4.69, 9.17) is 0 Å². The molecule has 0 rings (SSSR count). The Morgan fingerprint density at radius 1 is 1.50 bits per heavy atom. The molecule has 0 saturated carbocycles. The summed E-state index contributed by atoms with van der Waals surface area (Å²) in [6.45, 7) is 3.07. The maximum atomic E-state index is 10.1. The largest absolute Gasteiger partial charge is 0.500 e. The Labute approximate surface area is 142 Å². The van der Waals surface area contributed by atoms with E-state index in [9.17, 15) is 4.79 Å². The van der Waals surface area contributed by atoms with Crippen LogP contribution in [-0.2, 0) is 103 Å². The van der Waals surface area contributed by atoms with Crippen molar-refractivity contribution in [1.82, 2.24) is 4.90 Å². The van der Waals surface area contributed by atoms with E-state index in [0.29, 0.717) is 0 Å². The zero-order valence-corrected chi connectivity index (χ0v) is 15.0. The third kappa shape index (κ3) is 13.3. The van der Waals surface area contributed by atoms with Crippen molar-refractivity contribution in [2.45, 2.75) is 0 Å². The first kappa shape index (κ1) is 23.0. The molecule has 0 saturated heterocycles. The predicted molar refractivity (Wildman–Crippen MR) is 30.7 cm³/mol. The second kappa shape index (κ2) is 14.3. The van der Waals surface area contributed by atoms with Gasteiger partial charge in [-0.3, -0.25) is 0 Å². The van der Waals surface area contributed by atoms with E-state index in [2.05, 4.69) is 24.6 Å². The Morgan fingerprint density at radius 3 is 1.80 bits per heavy atom. The molecule has 0 aromatic rings. The van der Waals surface area contributed by atoms with Gasteiger partial charge in [-0.25, -0.2) is 12.2 Å². The monoisotopic (exact) mass is 382 g/mol. The minimum atomic E-state index is -0.338. The molecule has 0 aliphatic rings. The molecule has 0 N–H and O–H groups in total. The van der Waals surface area contributed by atoms with Crippen LogP contribution in [0.15, 0.2) is 0 Å². The first-order valence-electron chi connectivity index (χ1n) is 1.66. The van der Waals surface area contributed by atoms with Crippen LogP contribution in [0.5, 0.6) is 0 Å². The van der Waals surface area contributed by atoms with Gasteiger partial charge in [0.1, 0.15) is 0 Å². The molecular formula is C4H5NOSY3-2. The molecule has 0 heterocycles. The first-order valence-corrected chi connectivity index (χ1v) is 2.06. The number of thiocarbonyl (C=S) groups is 1. The molecule has 6 heteroatoms. The molecular weight excluding hydrogens is 377 g/mol. The minimum absolute atomic E-state index is 0. The SMILES string of the molecule is [CH2-]C(=O)N(C)[C-]=S.[Y].[Y].[Y]. The summed E-state index contributed by atoms with van der Waals surface area (Å²) in [4.78, 5) is 11.2. The number of hydrogen-bond donors (Lipinski definition) is 0.